The molecule has 0 aliphatic rings. The maximum atomic E-state index is 11.4. The lowest BCUT2D eigenvalue weighted by Crippen LogP contribution is -2.44. The molecule has 0 aliphatic carbocycles. The van der Waals surface area contributed by atoms with Gasteiger partial charge in [0.05, 0.1) is 12.6 Å². The second kappa shape index (κ2) is 4.78. The molecule has 0 saturated carbocycles. The number of hydrogen-bond donors (Lipinski definition) is 1. The first-order valence-electron chi connectivity index (χ1n) is 3.94. The van der Waals surface area contributed by atoms with Crippen molar-refractivity contribution in [3.8, 4) is 12.3 Å². The lowest BCUT2D eigenvalue weighted by atomic mass is 10.0. The molecule has 0 fully saturated rings. The van der Waals surface area contributed by atoms with Crippen LogP contribution < -0.4 is 5.73 Å². The van der Waals surface area contributed by atoms with Crippen LogP contribution in [0, 0.1) is 18.3 Å². The minimum atomic E-state index is -0.441. The van der Waals surface area contributed by atoms with Crippen molar-refractivity contribution in [2.75, 3.05) is 13.6 Å². The molecule has 0 unspecified atom stereocenters. The summed E-state index contributed by atoms with van der Waals surface area (Å²) in [5.41, 5.74) is 5.63. The molecule has 0 aromatic heterocycles. The van der Waals surface area contributed by atoms with Gasteiger partial charge in [-0.05, 0) is 5.92 Å². The smallest absolute Gasteiger partial charge is 0.240 e. The normalized spacial score (nSPS) is 12.3. The Kier molecular flexibility index (Phi) is 4.38. The van der Waals surface area contributed by atoms with Crippen molar-refractivity contribution in [2.24, 2.45) is 11.7 Å². The molecule has 0 bridgehead atoms. The third-order valence-corrected chi connectivity index (χ3v) is 1.71. The highest BCUT2D eigenvalue weighted by atomic mass is 16.2. The van der Waals surface area contributed by atoms with Gasteiger partial charge in [0, 0.05) is 7.05 Å². The zero-order valence-corrected chi connectivity index (χ0v) is 7.87. The van der Waals surface area contributed by atoms with E-state index in [2.05, 4.69) is 5.92 Å². The molecular weight excluding hydrogens is 152 g/mol. The van der Waals surface area contributed by atoms with E-state index in [1.165, 1.54) is 4.90 Å². The van der Waals surface area contributed by atoms with Crippen LogP contribution in [0.15, 0.2) is 0 Å². The number of terminal acetylenes is 1. The third kappa shape index (κ3) is 2.93. The van der Waals surface area contributed by atoms with E-state index in [0.717, 1.165) is 0 Å². The summed E-state index contributed by atoms with van der Waals surface area (Å²) in [6.07, 6.45) is 5.06. The highest BCUT2D eigenvalue weighted by molar-refractivity contribution is 5.81. The summed E-state index contributed by atoms with van der Waals surface area (Å²) >= 11 is 0. The standard InChI is InChI=1S/C9H16N2O/c1-5-6-11(4)9(12)8(10)7(2)3/h1,7-8H,6,10H2,2-4H3/t8-/m0/s1. The van der Waals surface area contributed by atoms with Gasteiger partial charge in [-0.1, -0.05) is 19.8 Å². The highest BCUT2D eigenvalue weighted by Crippen LogP contribution is 2.01. The third-order valence-electron chi connectivity index (χ3n) is 1.71. The van der Waals surface area contributed by atoms with Crippen molar-refractivity contribution < 1.29 is 4.79 Å². The number of carbonyl (C=O) groups excluding carboxylic acids is 1. The van der Waals surface area contributed by atoms with Crippen LogP contribution >= 0.6 is 0 Å². The lowest BCUT2D eigenvalue weighted by molar-refractivity contribution is -0.131. The van der Waals surface area contributed by atoms with Crippen LogP contribution in [0.3, 0.4) is 0 Å². The Balaban J connectivity index is 4.11. The zero-order valence-electron chi connectivity index (χ0n) is 7.87. The van der Waals surface area contributed by atoms with Crippen molar-refractivity contribution in [2.45, 2.75) is 19.9 Å². The molecular formula is C9H16N2O. The minimum Gasteiger partial charge on any atom is -0.333 e. The van der Waals surface area contributed by atoms with E-state index in [-0.39, 0.29) is 11.8 Å². The van der Waals surface area contributed by atoms with Gasteiger partial charge in [-0.25, -0.2) is 0 Å². The van der Waals surface area contributed by atoms with E-state index in [1.807, 2.05) is 13.8 Å². The van der Waals surface area contributed by atoms with Crippen LogP contribution in [-0.4, -0.2) is 30.4 Å². The number of nitrogens with two attached hydrogens (primary N) is 1. The molecule has 0 aromatic carbocycles. The number of rotatable bonds is 3. The van der Waals surface area contributed by atoms with E-state index in [0.29, 0.717) is 6.54 Å². The van der Waals surface area contributed by atoms with E-state index in [1.54, 1.807) is 7.05 Å². The van der Waals surface area contributed by atoms with Crippen LogP contribution in [-0.2, 0) is 4.79 Å². The molecule has 0 spiro atoms. The fourth-order valence-electron chi connectivity index (χ4n) is 0.754. The molecule has 0 aromatic rings. The fourth-order valence-corrected chi connectivity index (χ4v) is 0.754. The van der Waals surface area contributed by atoms with Crippen LogP contribution in [0.5, 0.6) is 0 Å². The summed E-state index contributed by atoms with van der Waals surface area (Å²) in [4.78, 5) is 12.8. The monoisotopic (exact) mass is 168 g/mol. The van der Waals surface area contributed by atoms with Crippen LogP contribution in [0.2, 0.25) is 0 Å². The summed E-state index contributed by atoms with van der Waals surface area (Å²) in [5, 5.41) is 0. The van der Waals surface area contributed by atoms with Crippen LogP contribution in [0.1, 0.15) is 13.8 Å². The van der Waals surface area contributed by atoms with Gasteiger partial charge in [0.1, 0.15) is 0 Å². The Bertz CT molecular complexity index is 193. The quantitative estimate of drug-likeness (QED) is 0.606. The Morgan fingerprint density at radius 1 is 1.67 bits per heavy atom. The fraction of sp³-hybridized carbons (Fsp3) is 0.667. The maximum Gasteiger partial charge on any atom is 0.240 e. The molecule has 0 radical (unpaired) electrons. The van der Waals surface area contributed by atoms with Gasteiger partial charge in [-0.15, -0.1) is 6.42 Å². The van der Waals surface area contributed by atoms with E-state index in [4.69, 9.17) is 12.2 Å². The summed E-state index contributed by atoms with van der Waals surface area (Å²) < 4.78 is 0. The van der Waals surface area contributed by atoms with Gasteiger partial charge in [-0.2, -0.15) is 0 Å². The molecule has 1 amide bonds. The molecule has 2 N–H and O–H groups in total. The SMILES string of the molecule is C#CCN(C)C(=O)[C@@H](N)C(C)C. The molecule has 0 aliphatic heterocycles. The maximum absolute atomic E-state index is 11.4. The van der Waals surface area contributed by atoms with Crippen molar-refractivity contribution in [3.63, 3.8) is 0 Å². The summed E-state index contributed by atoms with van der Waals surface area (Å²) in [6, 6.07) is -0.441. The van der Waals surface area contributed by atoms with E-state index < -0.39 is 6.04 Å². The Hall–Kier alpha value is -1.01. The first kappa shape index (κ1) is 11.0. The predicted octanol–water partition coefficient (Wildman–Crippen LogP) is 0.0613. The Labute approximate surface area is 73.9 Å². The number of carbonyl (C=O) groups is 1. The largest absolute Gasteiger partial charge is 0.333 e. The van der Waals surface area contributed by atoms with Crippen molar-refractivity contribution in [1.82, 2.24) is 4.90 Å². The second-order valence-corrected chi connectivity index (χ2v) is 3.17. The minimum absolute atomic E-state index is 0.0945. The second-order valence-electron chi connectivity index (χ2n) is 3.17. The first-order chi connectivity index (χ1) is 5.50. The molecule has 1 atom stereocenters. The number of likely N-dealkylation sites (N-methyl/N-ethyl adjacent to an activating group) is 1. The highest BCUT2D eigenvalue weighted by Gasteiger charge is 2.19. The van der Waals surface area contributed by atoms with E-state index >= 15 is 0 Å². The zero-order chi connectivity index (χ0) is 9.72. The number of hydrogen-bond acceptors (Lipinski definition) is 2. The van der Waals surface area contributed by atoms with Crippen molar-refractivity contribution in [1.29, 1.82) is 0 Å². The molecule has 12 heavy (non-hydrogen) atoms. The predicted molar refractivity (Wildman–Crippen MR) is 49.3 cm³/mol. The summed E-state index contributed by atoms with van der Waals surface area (Å²) in [7, 11) is 1.66. The topological polar surface area (TPSA) is 46.3 Å². The average molecular weight is 168 g/mol. The molecule has 0 rings (SSSR count). The van der Waals surface area contributed by atoms with Gasteiger partial charge < -0.3 is 10.6 Å². The molecule has 3 nitrogen and oxygen atoms in total. The van der Waals surface area contributed by atoms with Gasteiger partial charge in [0.25, 0.3) is 0 Å². The van der Waals surface area contributed by atoms with Crippen LogP contribution in [0.4, 0.5) is 0 Å². The first-order valence-corrected chi connectivity index (χ1v) is 3.94. The Morgan fingerprint density at radius 2 is 2.17 bits per heavy atom. The Morgan fingerprint density at radius 3 is 2.50 bits per heavy atom. The average Bonchev–Trinajstić information content (AvgIpc) is 2.02. The summed E-state index contributed by atoms with van der Waals surface area (Å²) in [6.45, 7) is 4.14. The van der Waals surface area contributed by atoms with E-state index in [9.17, 15) is 4.79 Å². The molecule has 0 heterocycles. The number of nitrogens with zero attached hydrogens (tertiary/aromatic N) is 1. The van der Waals surface area contributed by atoms with Gasteiger partial charge in [0.15, 0.2) is 0 Å². The van der Waals surface area contributed by atoms with Crippen molar-refractivity contribution >= 4 is 5.91 Å². The van der Waals surface area contributed by atoms with Gasteiger partial charge in [-0.3, -0.25) is 4.79 Å². The van der Waals surface area contributed by atoms with Crippen LogP contribution in [0.25, 0.3) is 0 Å². The summed E-state index contributed by atoms with van der Waals surface area (Å²) in [5.74, 6) is 2.45. The van der Waals surface area contributed by atoms with Gasteiger partial charge >= 0.3 is 0 Å². The molecule has 0 saturated heterocycles. The number of amides is 1. The van der Waals surface area contributed by atoms with Crippen molar-refractivity contribution in [3.05, 3.63) is 0 Å². The van der Waals surface area contributed by atoms with Gasteiger partial charge in [0.2, 0.25) is 5.91 Å². The molecule has 68 valence electrons. The lowest BCUT2D eigenvalue weighted by Gasteiger charge is -2.21. The molecule has 3 heteroatoms.